The van der Waals surface area contributed by atoms with E-state index in [-0.39, 0.29) is 0 Å². The highest BCUT2D eigenvalue weighted by Gasteiger charge is 2.14. The van der Waals surface area contributed by atoms with Crippen LogP contribution < -0.4 is 5.32 Å². The van der Waals surface area contributed by atoms with Crippen molar-refractivity contribution in [2.75, 3.05) is 38.3 Å². The summed E-state index contributed by atoms with van der Waals surface area (Å²) in [5.41, 5.74) is 0. The van der Waals surface area contributed by atoms with Gasteiger partial charge in [0.2, 0.25) is 0 Å². The van der Waals surface area contributed by atoms with Crippen molar-refractivity contribution in [3.8, 4) is 0 Å². The summed E-state index contributed by atoms with van der Waals surface area (Å²) >= 11 is 7.31. The fourth-order valence-electron chi connectivity index (χ4n) is 1.36. The first kappa shape index (κ1) is 12.1. The van der Waals surface area contributed by atoms with Gasteiger partial charge in [-0.05, 0) is 19.1 Å². The summed E-state index contributed by atoms with van der Waals surface area (Å²) in [6.45, 7) is 4.91. The molecule has 3 nitrogen and oxygen atoms in total. The Morgan fingerprint density at radius 2 is 2.21 bits per heavy atom. The molecule has 14 heavy (non-hydrogen) atoms. The van der Waals surface area contributed by atoms with E-state index in [9.17, 15) is 0 Å². The van der Waals surface area contributed by atoms with Crippen molar-refractivity contribution in [2.24, 2.45) is 0 Å². The third-order valence-electron chi connectivity index (χ3n) is 2.08. The van der Waals surface area contributed by atoms with Crippen molar-refractivity contribution < 1.29 is 4.74 Å². The Balaban J connectivity index is 2.25. The van der Waals surface area contributed by atoms with Gasteiger partial charge in [0, 0.05) is 37.7 Å². The lowest BCUT2D eigenvalue weighted by molar-refractivity contribution is 0.178. The Hall–Kier alpha value is 0. The average Bonchev–Trinajstić information content (AvgIpc) is 2.19. The molecule has 0 bridgehead atoms. The minimum Gasteiger partial charge on any atom is -0.383 e. The molecule has 0 aromatic carbocycles. The summed E-state index contributed by atoms with van der Waals surface area (Å²) in [6.07, 6.45) is 0. The molecule has 1 rings (SSSR count). The fourth-order valence-corrected chi connectivity index (χ4v) is 2.65. The van der Waals surface area contributed by atoms with Gasteiger partial charge in [-0.25, -0.2) is 0 Å². The summed E-state index contributed by atoms with van der Waals surface area (Å²) in [6, 6.07) is 0.294. The van der Waals surface area contributed by atoms with E-state index in [1.165, 1.54) is 11.5 Å². The molecule has 0 amide bonds. The topological polar surface area (TPSA) is 24.5 Å². The third-order valence-corrected chi connectivity index (χ3v) is 3.40. The molecule has 1 saturated heterocycles. The molecule has 1 aliphatic rings. The van der Waals surface area contributed by atoms with Crippen LogP contribution in [0.15, 0.2) is 0 Å². The van der Waals surface area contributed by atoms with E-state index in [4.69, 9.17) is 17.0 Å². The SMILES string of the molecule is COCC(C)NC(=S)N1CCSCC1. The number of thiocarbonyl (C=S) groups is 1. The van der Waals surface area contributed by atoms with Crippen LogP contribution in [0.25, 0.3) is 0 Å². The van der Waals surface area contributed by atoms with Crippen LogP contribution in [0.2, 0.25) is 0 Å². The molecule has 1 atom stereocenters. The Bertz CT molecular complexity index is 184. The van der Waals surface area contributed by atoms with E-state index in [1.807, 2.05) is 11.8 Å². The zero-order valence-corrected chi connectivity index (χ0v) is 10.4. The molecule has 0 aliphatic carbocycles. The quantitative estimate of drug-likeness (QED) is 0.733. The summed E-state index contributed by atoms with van der Waals surface area (Å²) in [7, 11) is 1.71. The molecule has 0 aromatic heterocycles. The van der Waals surface area contributed by atoms with Crippen LogP contribution in [0, 0.1) is 0 Å². The van der Waals surface area contributed by atoms with Gasteiger partial charge < -0.3 is 15.0 Å². The molecule has 0 aromatic rings. The number of methoxy groups -OCH3 is 1. The van der Waals surface area contributed by atoms with Gasteiger partial charge in [0.1, 0.15) is 0 Å². The van der Waals surface area contributed by atoms with E-state index < -0.39 is 0 Å². The summed E-state index contributed by atoms with van der Waals surface area (Å²) in [4.78, 5) is 2.23. The number of nitrogens with one attached hydrogen (secondary N) is 1. The first-order chi connectivity index (χ1) is 6.74. The van der Waals surface area contributed by atoms with E-state index in [1.54, 1.807) is 7.11 Å². The summed E-state index contributed by atoms with van der Waals surface area (Å²) in [5.74, 6) is 2.36. The molecular formula is C9H18N2OS2. The average molecular weight is 234 g/mol. The Morgan fingerprint density at radius 3 is 2.79 bits per heavy atom. The summed E-state index contributed by atoms with van der Waals surface area (Å²) in [5, 5.41) is 4.14. The van der Waals surface area contributed by atoms with Crippen molar-refractivity contribution in [3.05, 3.63) is 0 Å². The Kier molecular flexibility index (Phi) is 5.59. The van der Waals surface area contributed by atoms with Crippen LogP contribution >= 0.6 is 24.0 Å². The number of thioether (sulfide) groups is 1. The van der Waals surface area contributed by atoms with Crippen molar-refractivity contribution in [2.45, 2.75) is 13.0 Å². The number of nitrogens with zero attached hydrogens (tertiary/aromatic N) is 1. The molecule has 1 aliphatic heterocycles. The van der Waals surface area contributed by atoms with E-state index in [2.05, 4.69) is 17.1 Å². The van der Waals surface area contributed by atoms with Crippen LogP contribution in [-0.4, -0.2) is 54.4 Å². The minimum absolute atomic E-state index is 0.294. The maximum absolute atomic E-state index is 5.31. The first-order valence-electron chi connectivity index (χ1n) is 4.86. The smallest absolute Gasteiger partial charge is 0.169 e. The van der Waals surface area contributed by atoms with Gasteiger partial charge in [0.05, 0.1) is 6.61 Å². The molecule has 82 valence electrons. The highest BCUT2D eigenvalue weighted by Crippen LogP contribution is 2.09. The monoisotopic (exact) mass is 234 g/mol. The molecule has 1 heterocycles. The van der Waals surface area contributed by atoms with E-state index >= 15 is 0 Å². The van der Waals surface area contributed by atoms with Crippen LogP contribution in [-0.2, 0) is 4.74 Å². The van der Waals surface area contributed by atoms with Gasteiger partial charge in [0.25, 0.3) is 0 Å². The van der Waals surface area contributed by atoms with Gasteiger partial charge in [-0.2, -0.15) is 11.8 Å². The molecule has 0 saturated carbocycles. The molecule has 1 fully saturated rings. The van der Waals surface area contributed by atoms with Gasteiger partial charge in [-0.1, -0.05) is 0 Å². The van der Waals surface area contributed by atoms with Gasteiger partial charge in [-0.3, -0.25) is 0 Å². The lowest BCUT2D eigenvalue weighted by Crippen LogP contribution is -2.48. The second-order valence-electron chi connectivity index (χ2n) is 3.41. The highest BCUT2D eigenvalue weighted by molar-refractivity contribution is 7.99. The molecule has 1 unspecified atom stereocenters. The normalized spacial score (nSPS) is 19.1. The highest BCUT2D eigenvalue weighted by atomic mass is 32.2. The van der Waals surface area contributed by atoms with E-state index in [0.717, 1.165) is 18.2 Å². The zero-order chi connectivity index (χ0) is 10.4. The van der Waals surface area contributed by atoms with Gasteiger partial charge >= 0.3 is 0 Å². The van der Waals surface area contributed by atoms with Crippen LogP contribution in [0.3, 0.4) is 0 Å². The molecule has 0 radical (unpaired) electrons. The van der Waals surface area contributed by atoms with Crippen LogP contribution in [0.1, 0.15) is 6.92 Å². The van der Waals surface area contributed by atoms with Crippen molar-refractivity contribution in [1.29, 1.82) is 0 Å². The number of hydrogen-bond donors (Lipinski definition) is 1. The number of hydrogen-bond acceptors (Lipinski definition) is 3. The van der Waals surface area contributed by atoms with Gasteiger partial charge in [0.15, 0.2) is 5.11 Å². The summed E-state index contributed by atoms with van der Waals surface area (Å²) < 4.78 is 5.05. The Labute approximate surface area is 95.6 Å². The van der Waals surface area contributed by atoms with Gasteiger partial charge in [-0.15, -0.1) is 0 Å². The van der Waals surface area contributed by atoms with Crippen molar-refractivity contribution in [3.63, 3.8) is 0 Å². The molecular weight excluding hydrogens is 216 g/mol. The van der Waals surface area contributed by atoms with Crippen LogP contribution in [0.5, 0.6) is 0 Å². The number of rotatable bonds is 3. The molecule has 0 spiro atoms. The second-order valence-corrected chi connectivity index (χ2v) is 5.02. The lowest BCUT2D eigenvalue weighted by Gasteiger charge is -2.30. The predicted octanol–water partition coefficient (Wildman–Crippen LogP) is 0.945. The van der Waals surface area contributed by atoms with E-state index in [0.29, 0.717) is 12.6 Å². The largest absolute Gasteiger partial charge is 0.383 e. The molecule has 1 N–H and O–H groups in total. The first-order valence-corrected chi connectivity index (χ1v) is 6.42. The Morgan fingerprint density at radius 1 is 1.57 bits per heavy atom. The second kappa shape index (κ2) is 6.48. The molecule has 5 heteroatoms. The maximum atomic E-state index is 5.31. The zero-order valence-electron chi connectivity index (χ0n) is 8.78. The lowest BCUT2D eigenvalue weighted by atomic mass is 10.4. The minimum atomic E-state index is 0.294. The van der Waals surface area contributed by atoms with Crippen molar-refractivity contribution >= 4 is 29.1 Å². The van der Waals surface area contributed by atoms with Crippen LogP contribution in [0.4, 0.5) is 0 Å². The standard InChI is InChI=1S/C9H18N2OS2/c1-8(7-12-2)10-9(13)11-3-5-14-6-4-11/h8H,3-7H2,1-2H3,(H,10,13). The number of ether oxygens (including phenoxy) is 1. The maximum Gasteiger partial charge on any atom is 0.169 e. The fraction of sp³-hybridized carbons (Fsp3) is 0.889. The predicted molar refractivity (Wildman–Crippen MR) is 66.0 cm³/mol. The third kappa shape index (κ3) is 4.02. The van der Waals surface area contributed by atoms with Crippen molar-refractivity contribution in [1.82, 2.24) is 10.2 Å².